The van der Waals surface area contributed by atoms with Gasteiger partial charge in [-0.15, -0.1) is 0 Å². The van der Waals surface area contributed by atoms with Gasteiger partial charge in [-0.3, -0.25) is 4.79 Å². The van der Waals surface area contributed by atoms with Crippen LogP contribution in [0.4, 0.5) is 14.5 Å². The lowest BCUT2D eigenvalue weighted by Crippen LogP contribution is -2.50. The smallest absolute Gasteiger partial charge is 0.255 e. The van der Waals surface area contributed by atoms with Crippen LogP contribution < -0.4 is 5.32 Å². The standard InChI is InChI=1S/C23H23ClF2N4O4S/c1-12-6-14-8-16(10-17(12)23(14,32)11-28-30-27)35(33,34)21-7-13(2-4-18(21)24)22(31)29-15-3-5-19(25)20(26)9-15/h2-5,7,9,12,14,16-17,32H,6,8,10-11H2,1H3,(H,29,31)/t12-,14?,16?,17?,23+/m0/s1. The molecule has 0 aromatic heterocycles. The number of hydrogen-bond donors (Lipinski definition) is 2. The first-order valence-corrected chi connectivity index (χ1v) is 12.9. The fraction of sp³-hybridized carbons (Fsp3) is 0.435. The lowest BCUT2D eigenvalue weighted by atomic mass is 9.73. The number of nitrogens with one attached hydrogen (secondary N) is 1. The molecule has 2 aromatic carbocycles. The van der Waals surface area contributed by atoms with Gasteiger partial charge in [0.25, 0.3) is 5.91 Å². The molecule has 0 saturated heterocycles. The number of benzene rings is 2. The zero-order chi connectivity index (χ0) is 25.5. The Bertz CT molecular complexity index is 1330. The number of carbonyl (C=O) groups excluding carboxylic acids is 1. The number of azide groups is 1. The third kappa shape index (κ3) is 4.61. The maximum atomic E-state index is 13.6. The summed E-state index contributed by atoms with van der Waals surface area (Å²) in [6.07, 6.45) is 0.944. The third-order valence-electron chi connectivity index (χ3n) is 7.26. The molecule has 0 radical (unpaired) electrons. The van der Waals surface area contributed by atoms with E-state index in [1.54, 1.807) is 0 Å². The van der Waals surface area contributed by atoms with Crippen molar-refractivity contribution in [3.63, 3.8) is 0 Å². The molecule has 2 N–H and O–H groups in total. The molecule has 5 atom stereocenters. The molecular weight excluding hydrogens is 502 g/mol. The maximum Gasteiger partial charge on any atom is 0.255 e. The minimum Gasteiger partial charge on any atom is -0.389 e. The molecule has 1 amide bonds. The van der Waals surface area contributed by atoms with Crippen molar-refractivity contribution < 1.29 is 27.1 Å². The molecule has 8 nitrogen and oxygen atoms in total. The van der Waals surface area contributed by atoms with Crippen molar-refractivity contribution in [3.05, 3.63) is 69.1 Å². The van der Waals surface area contributed by atoms with Gasteiger partial charge in [-0.2, -0.15) is 0 Å². The number of aliphatic hydroxyl groups is 1. The number of carbonyl (C=O) groups is 1. The van der Waals surface area contributed by atoms with Gasteiger partial charge in [-0.05, 0) is 72.9 Å². The van der Waals surface area contributed by atoms with Crippen LogP contribution in [0.2, 0.25) is 5.02 Å². The Morgan fingerprint density at radius 1 is 1.23 bits per heavy atom. The van der Waals surface area contributed by atoms with Crippen molar-refractivity contribution in [2.75, 3.05) is 11.9 Å². The molecule has 2 aromatic rings. The van der Waals surface area contributed by atoms with E-state index in [0.29, 0.717) is 6.42 Å². The average molecular weight is 525 g/mol. The van der Waals surface area contributed by atoms with Gasteiger partial charge in [-0.25, -0.2) is 17.2 Å². The molecule has 186 valence electrons. The number of hydrogen-bond acceptors (Lipinski definition) is 5. The number of halogens is 3. The molecule has 12 heteroatoms. The molecule has 35 heavy (non-hydrogen) atoms. The second-order valence-corrected chi connectivity index (χ2v) is 11.9. The van der Waals surface area contributed by atoms with Crippen molar-refractivity contribution in [3.8, 4) is 0 Å². The van der Waals surface area contributed by atoms with Crippen LogP contribution in [0.15, 0.2) is 46.4 Å². The predicted octanol–water partition coefficient (Wildman–Crippen LogP) is 5.12. The van der Waals surface area contributed by atoms with Gasteiger partial charge in [0.05, 0.1) is 27.3 Å². The summed E-state index contributed by atoms with van der Waals surface area (Å²) in [5, 5.41) is 16.3. The summed E-state index contributed by atoms with van der Waals surface area (Å²) in [6, 6.07) is 6.66. The fourth-order valence-electron chi connectivity index (χ4n) is 5.51. The van der Waals surface area contributed by atoms with Crippen LogP contribution in [0.25, 0.3) is 10.4 Å². The van der Waals surface area contributed by atoms with Crippen LogP contribution in [0.5, 0.6) is 0 Å². The summed E-state index contributed by atoms with van der Waals surface area (Å²) >= 11 is 6.24. The van der Waals surface area contributed by atoms with Crippen LogP contribution in [-0.2, 0) is 9.84 Å². The minimum atomic E-state index is -3.99. The zero-order valence-corrected chi connectivity index (χ0v) is 20.2. The molecule has 2 fully saturated rings. The van der Waals surface area contributed by atoms with Crippen LogP contribution in [0, 0.1) is 29.4 Å². The normalized spacial score (nSPS) is 27.8. The van der Waals surface area contributed by atoms with E-state index in [1.165, 1.54) is 24.3 Å². The Labute approximate surface area is 205 Å². The van der Waals surface area contributed by atoms with E-state index < -0.39 is 38.2 Å². The highest BCUT2D eigenvalue weighted by Crippen LogP contribution is 2.54. The number of fused-ring (bicyclic) bond motifs is 2. The summed E-state index contributed by atoms with van der Waals surface area (Å²) in [5.74, 6) is -3.60. The highest BCUT2D eigenvalue weighted by molar-refractivity contribution is 7.92. The van der Waals surface area contributed by atoms with Crippen LogP contribution in [0.1, 0.15) is 36.5 Å². The van der Waals surface area contributed by atoms with E-state index in [-0.39, 0.29) is 58.3 Å². The summed E-state index contributed by atoms with van der Waals surface area (Å²) in [7, 11) is -3.99. The lowest BCUT2D eigenvalue weighted by molar-refractivity contribution is -0.0548. The Morgan fingerprint density at radius 2 is 1.97 bits per heavy atom. The fourth-order valence-corrected chi connectivity index (χ4v) is 7.89. The van der Waals surface area contributed by atoms with E-state index >= 15 is 0 Å². The second kappa shape index (κ2) is 9.39. The van der Waals surface area contributed by atoms with Gasteiger partial charge >= 0.3 is 0 Å². The van der Waals surface area contributed by atoms with Gasteiger partial charge in [0.1, 0.15) is 0 Å². The Balaban J connectivity index is 1.60. The predicted molar refractivity (Wildman–Crippen MR) is 126 cm³/mol. The largest absolute Gasteiger partial charge is 0.389 e. The first-order valence-electron chi connectivity index (χ1n) is 11.0. The number of anilines is 1. The van der Waals surface area contributed by atoms with Gasteiger partial charge in [-0.1, -0.05) is 23.6 Å². The molecule has 2 aliphatic carbocycles. The minimum absolute atomic E-state index is 0.00501. The quantitative estimate of drug-likeness (QED) is 0.308. The SMILES string of the molecule is C[C@H]1CC2CC(S(=O)(=O)c3cc(C(=O)Nc4ccc(F)c(F)c4)ccc3Cl)CC1[C@@]2(O)CN=[N+]=[N-]. The summed E-state index contributed by atoms with van der Waals surface area (Å²) in [6.45, 7) is 1.83. The van der Waals surface area contributed by atoms with Crippen molar-refractivity contribution in [1.29, 1.82) is 0 Å². The first-order chi connectivity index (χ1) is 16.5. The van der Waals surface area contributed by atoms with Gasteiger partial charge in [0.15, 0.2) is 21.5 Å². The van der Waals surface area contributed by atoms with E-state index in [4.69, 9.17) is 17.1 Å². The van der Waals surface area contributed by atoms with E-state index in [0.717, 1.165) is 12.1 Å². The Hall–Kier alpha value is -2.72. The molecule has 0 aliphatic heterocycles. The third-order valence-corrected chi connectivity index (χ3v) is 9.91. The molecule has 3 unspecified atom stereocenters. The molecule has 4 rings (SSSR count). The van der Waals surface area contributed by atoms with Crippen molar-refractivity contribution in [1.82, 2.24) is 0 Å². The topological polar surface area (TPSA) is 132 Å². The van der Waals surface area contributed by atoms with E-state index in [1.807, 2.05) is 6.92 Å². The van der Waals surface area contributed by atoms with Gasteiger partial charge in [0, 0.05) is 22.2 Å². The Morgan fingerprint density at radius 3 is 2.63 bits per heavy atom. The molecule has 0 heterocycles. The van der Waals surface area contributed by atoms with E-state index in [9.17, 15) is 27.1 Å². The highest BCUT2D eigenvalue weighted by Gasteiger charge is 2.58. The summed E-state index contributed by atoms with van der Waals surface area (Å²) in [5.41, 5.74) is 7.41. The number of amides is 1. The van der Waals surface area contributed by atoms with Crippen molar-refractivity contribution >= 4 is 33.0 Å². The first kappa shape index (κ1) is 25.4. The summed E-state index contributed by atoms with van der Waals surface area (Å²) in [4.78, 5) is 15.2. The number of nitrogens with zero attached hydrogens (tertiary/aromatic N) is 3. The van der Waals surface area contributed by atoms with E-state index in [2.05, 4.69) is 15.3 Å². The van der Waals surface area contributed by atoms with Gasteiger partial charge in [0.2, 0.25) is 0 Å². The van der Waals surface area contributed by atoms with Gasteiger partial charge < -0.3 is 10.4 Å². The molecule has 2 saturated carbocycles. The molecule has 0 spiro atoms. The van der Waals surface area contributed by atoms with Crippen LogP contribution in [-0.4, -0.2) is 36.8 Å². The molecule has 2 bridgehead atoms. The molecule has 2 aliphatic rings. The van der Waals surface area contributed by atoms with Crippen molar-refractivity contribution in [2.45, 2.75) is 41.9 Å². The van der Waals surface area contributed by atoms with Crippen LogP contribution >= 0.6 is 11.6 Å². The highest BCUT2D eigenvalue weighted by atomic mass is 35.5. The number of rotatable bonds is 6. The summed E-state index contributed by atoms with van der Waals surface area (Å²) < 4.78 is 53.8. The Kier molecular flexibility index (Phi) is 6.80. The van der Waals surface area contributed by atoms with Crippen LogP contribution in [0.3, 0.4) is 0 Å². The zero-order valence-electron chi connectivity index (χ0n) is 18.7. The average Bonchev–Trinajstić information content (AvgIpc) is 2.93. The maximum absolute atomic E-state index is 13.6. The number of sulfone groups is 1. The molecular formula is C23H23ClF2N4O4S. The van der Waals surface area contributed by atoms with Crippen molar-refractivity contribution in [2.24, 2.45) is 22.9 Å². The monoisotopic (exact) mass is 524 g/mol. The second-order valence-electron chi connectivity index (χ2n) is 9.26. The lowest BCUT2D eigenvalue weighted by Gasteiger charge is -2.42.